The third-order valence-corrected chi connectivity index (χ3v) is 5.28. The fourth-order valence-corrected chi connectivity index (χ4v) is 3.47. The molecule has 2 aromatic rings. The van der Waals surface area contributed by atoms with Gasteiger partial charge in [0.15, 0.2) is 0 Å². The Kier molecular flexibility index (Phi) is 7.18. The predicted octanol–water partition coefficient (Wildman–Crippen LogP) is 3.32. The van der Waals surface area contributed by atoms with Crippen LogP contribution in [0.15, 0.2) is 36.4 Å². The van der Waals surface area contributed by atoms with Gasteiger partial charge in [-0.3, -0.25) is 14.5 Å². The summed E-state index contributed by atoms with van der Waals surface area (Å²) in [6, 6.07) is 11.1. The highest BCUT2D eigenvalue weighted by molar-refractivity contribution is 6.32. The van der Waals surface area contributed by atoms with Crippen LogP contribution in [0.4, 0.5) is 5.69 Å². The number of rotatable bonds is 9. The number of carbonyl (C=O) groups is 2. The van der Waals surface area contributed by atoms with Crippen molar-refractivity contribution < 1.29 is 19.1 Å². The number of halogens is 1. The number of methoxy groups -OCH3 is 2. The molecule has 0 radical (unpaired) electrons. The molecule has 7 nitrogen and oxygen atoms in total. The first-order chi connectivity index (χ1) is 14.4. The maximum Gasteiger partial charge on any atom is 0.251 e. The van der Waals surface area contributed by atoms with E-state index in [-0.39, 0.29) is 18.4 Å². The number of nitrogens with zero attached hydrogens (tertiary/aromatic N) is 1. The SMILES string of the molecule is CNC(=O)c1ccc(CN(CC(=O)Nc2cc(Cl)c(OC)cc2OC)C2CC2)cc1. The van der Waals surface area contributed by atoms with Crippen molar-refractivity contribution in [1.82, 2.24) is 10.2 Å². The molecule has 8 heteroatoms. The number of amides is 2. The minimum atomic E-state index is -0.150. The number of nitrogens with one attached hydrogen (secondary N) is 2. The van der Waals surface area contributed by atoms with Gasteiger partial charge in [-0.1, -0.05) is 23.7 Å². The van der Waals surface area contributed by atoms with E-state index in [1.165, 1.54) is 14.2 Å². The zero-order valence-electron chi connectivity index (χ0n) is 17.3. The van der Waals surface area contributed by atoms with Gasteiger partial charge in [0.05, 0.1) is 31.5 Å². The smallest absolute Gasteiger partial charge is 0.251 e. The van der Waals surface area contributed by atoms with E-state index in [1.54, 1.807) is 31.3 Å². The Morgan fingerprint density at radius 1 is 1.10 bits per heavy atom. The van der Waals surface area contributed by atoms with Crippen LogP contribution >= 0.6 is 11.6 Å². The van der Waals surface area contributed by atoms with E-state index in [4.69, 9.17) is 21.1 Å². The molecule has 30 heavy (non-hydrogen) atoms. The summed E-state index contributed by atoms with van der Waals surface area (Å²) in [6.45, 7) is 0.876. The zero-order chi connectivity index (χ0) is 21.7. The van der Waals surface area contributed by atoms with Gasteiger partial charge in [-0.05, 0) is 36.6 Å². The van der Waals surface area contributed by atoms with E-state index in [1.807, 2.05) is 12.1 Å². The van der Waals surface area contributed by atoms with Crippen molar-refractivity contribution in [2.45, 2.75) is 25.4 Å². The van der Waals surface area contributed by atoms with Crippen LogP contribution in [0.5, 0.6) is 11.5 Å². The van der Waals surface area contributed by atoms with Gasteiger partial charge in [-0.25, -0.2) is 0 Å². The molecule has 0 bridgehead atoms. The van der Waals surface area contributed by atoms with Crippen molar-refractivity contribution in [3.05, 3.63) is 52.5 Å². The molecule has 2 amide bonds. The average Bonchev–Trinajstić information content (AvgIpc) is 3.59. The van der Waals surface area contributed by atoms with Crippen LogP contribution in [0.2, 0.25) is 5.02 Å². The van der Waals surface area contributed by atoms with Gasteiger partial charge >= 0.3 is 0 Å². The normalized spacial score (nSPS) is 13.1. The highest BCUT2D eigenvalue weighted by atomic mass is 35.5. The summed E-state index contributed by atoms with van der Waals surface area (Å²) >= 11 is 6.19. The van der Waals surface area contributed by atoms with Gasteiger partial charge < -0.3 is 20.1 Å². The molecular weight excluding hydrogens is 406 g/mol. The third-order valence-electron chi connectivity index (χ3n) is 4.99. The van der Waals surface area contributed by atoms with Crippen LogP contribution < -0.4 is 20.1 Å². The largest absolute Gasteiger partial charge is 0.495 e. The van der Waals surface area contributed by atoms with Crippen molar-refractivity contribution in [1.29, 1.82) is 0 Å². The third kappa shape index (κ3) is 5.43. The Morgan fingerprint density at radius 3 is 2.33 bits per heavy atom. The molecular formula is C22H26ClN3O4. The van der Waals surface area contributed by atoms with E-state index in [2.05, 4.69) is 15.5 Å². The summed E-state index contributed by atoms with van der Waals surface area (Å²) in [4.78, 5) is 26.6. The molecule has 0 spiro atoms. The van der Waals surface area contributed by atoms with Gasteiger partial charge in [-0.2, -0.15) is 0 Å². The zero-order valence-corrected chi connectivity index (χ0v) is 18.1. The topological polar surface area (TPSA) is 79.9 Å². The first-order valence-corrected chi connectivity index (χ1v) is 10.1. The number of hydrogen-bond donors (Lipinski definition) is 2. The second-order valence-electron chi connectivity index (χ2n) is 7.15. The van der Waals surface area contributed by atoms with Gasteiger partial charge in [0.2, 0.25) is 5.91 Å². The van der Waals surface area contributed by atoms with Gasteiger partial charge in [0.1, 0.15) is 11.5 Å². The van der Waals surface area contributed by atoms with Gasteiger partial charge in [-0.15, -0.1) is 0 Å². The Hall–Kier alpha value is -2.77. The number of hydrogen-bond acceptors (Lipinski definition) is 5. The average molecular weight is 432 g/mol. The molecule has 1 aliphatic rings. The van der Waals surface area contributed by atoms with Crippen LogP contribution in [0.1, 0.15) is 28.8 Å². The van der Waals surface area contributed by atoms with Gasteiger partial charge in [0, 0.05) is 31.3 Å². The van der Waals surface area contributed by atoms with Crippen LogP contribution in [0.3, 0.4) is 0 Å². The van der Waals surface area contributed by atoms with Crippen molar-refractivity contribution >= 4 is 29.1 Å². The molecule has 160 valence electrons. The Bertz CT molecular complexity index is 913. The summed E-state index contributed by atoms with van der Waals surface area (Å²) in [5.74, 6) is 0.689. The maximum absolute atomic E-state index is 12.7. The van der Waals surface area contributed by atoms with Crippen molar-refractivity contribution in [2.75, 3.05) is 33.1 Å². The molecule has 0 unspecified atom stereocenters. The number of ether oxygens (including phenoxy) is 2. The van der Waals surface area contributed by atoms with E-state index in [0.717, 1.165) is 18.4 Å². The molecule has 3 rings (SSSR count). The number of benzene rings is 2. The molecule has 2 aromatic carbocycles. The predicted molar refractivity (Wildman–Crippen MR) is 116 cm³/mol. The Morgan fingerprint density at radius 2 is 1.77 bits per heavy atom. The fraction of sp³-hybridized carbons (Fsp3) is 0.364. The lowest BCUT2D eigenvalue weighted by atomic mass is 10.1. The molecule has 1 aliphatic carbocycles. The van der Waals surface area contributed by atoms with E-state index >= 15 is 0 Å². The lowest BCUT2D eigenvalue weighted by Gasteiger charge is -2.22. The summed E-state index contributed by atoms with van der Waals surface area (Å²) < 4.78 is 10.5. The van der Waals surface area contributed by atoms with E-state index in [9.17, 15) is 9.59 Å². The quantitative estimate of drug-likeness (QED) is 0.636. The molecule has 2 N–H and O–H groups in total. The second kappa shape index (κ2) is 9.82. The molecule has 0 aromatic heterocycles. The van der Waals surface area contributed by atoms with Crippen LogP contribution in [0.25, 0.3) is 0 Å². The molecule has 0 heterocycles. The number of anilines is 1. The highest BCUT2D eigenvalue weighted by Gasteiger charge is 2.30. The van der Waals surface area contributed by atoms with Crippen LogP contribution in [-0.4, -0.2) is 50.6 Å². The molecule has 1 saturated carbocycles. The Labute approximate surface area is 181 Å². The van der Waals surface area contributed by atoms with Crippen LogP contribution in [-0.2, 0) is 11.3 Å². The Balaban J connectivity index is 1.66. The van der Waals surface area contributed by atoms with Crippen molar-refractivity contribution in [3.8, 4) is 11.5 Å². The molecule has 0 atom stereocenters. The van der Waals surface area contributed by atoms with E-state index in [0.29, 0.717) is 40.4 Å². The summed E-state index contributed by atoms with van der Waals surface area (Å²) in [7, 11) is 4.65. The standard InChI is InChI=1S/C22H26ClN3O4/c1-24-22(28)15-6-4-14(5-7-15)12-26(16-8-9-16)13-21(27)25-18-10-17(23)19(29-2)11-20(18)30-3/h4-7,10-11,16H,8-9,12-13H2,1-3H3,(H,24,28)(H,25,27). The maximum atomic E-state index is 12.7. The molecule has 1 fully saturated rings. The van der Waals surface area contributed by atoms with E-state index < -0.39 is 0 Å². The minimum Gasteiger partial charge on any atom is -0.495 e. The summed E-state index contributed by atoms with van der Waals surface area (Å²) in [5, 5.41) is 5.89. The molecule has 0 saturated heterocycles. The number of carbonyl (C=O) groups excluding carboxylic acids is 2. The summed E-state index contributed by atoms with van der Waals surface area (Å²) in [5.41, 5.74) is 2.16. The monoisotopic (exact) mass is 431 g/mol. The first-order valence-electron chi connectivity index (χ1n) is 9.71. The van der Waals surface area contributed by atoms with Gasteiger partial charge in [0.25, 0.3) is 5.91 Å². The second-order valence-corrected chi connectivity index (χ2v) is 7.55. The molecule has 0 aliphatic heterocycles. The lowest BCUT2D eigenvalue weighted by Crippen LogP contribution is -2.34. The first kappa shape index (κ1) is 21.9. The highest BCUT2D eigenvalue weighted by Crippen LogP contribution is 2.36. The minimum absolute atomic E-state index is 0.118. The van der Waals surface area contributed by atoms with Crippen LogP contribution in [0, 0.1) is 0 Å². The van der Waals surface area contributed by atoms with Crippen molar-refractivity contribution in [3.63, 3.8) is 0 Å². The van der Waals surface area contributed by atoms with Crippen molar-refractivity contribution in [2.24, 2.45) is 0 Å². The fourth-order valence-electron chi connectivity index (χ4n) is 3.23. The lowest BCUT2D eigenvalue weighted by molar-refractivity contribution is -0.117. The summed E-state index contributed by atoms with van der Waals surface area (Å²) in [6.07, 6.45) is 2.14.